The van der Waals surface area contributed by atoms with Crippen molar-refractivity contribution in [3.05, 3.63) is 24.3 Å². The van der Waals surface area contributed by atoms with Crippen LogP contribution in [0.3, 0.4) is 0 Å². The van der Waals surface area contributed by atoms with E-state index in [4.69, 9.17) is 9.47 Å². The lowest BCUT2D eigenvalue weighted by molar-refractivity contribution is 0.160. The first-order valence-electron chi connectivity index (χ1n) is 7.92. The van der Waals surface area contributed by atoms with E-state index in [1.807, 2.05) is 26.2 Å². The van der Waals surface area contributed by atoms with E-state index in [0.717, 1.165) is 44.0 Å². The highest BCUT2D eigenvalue weighted by atomic mass is 16.5. The molecule has 1 aliphatic heterocycles. The molecule has 2 unspecified atom stereocenters. The Kier molecular flexibility index (Phi) is 6.33. The third-order valence-electron chi connectivity index (χ3n) is 3.95. The molecule has 4 heteroatoms. The second-order valence-electron chi connectivity index (χ2n) is 5.89. The molecule has 0 aliphatic carbocycles. The van der Waals surface area contributed by atoms with Crippen LogP contribution >= 0.6 is 0 Å². The molecule has 2 rings (SSSR count). The van der Waals surface area contributed by atoms with Gasteiger partial charge in [0, 0.05) is 44.4 Å². The predicted octanol–water partition coefficient (Wildman–Crippen LogP) is 2.54. The van der Waals surface area contributed by atoms with Crippen molar-refractivity contribution >= 4 is 5.69 Å². The second kappa shape index (κ2) is 8.25. The van der Waals surface area contributed by atoms with E-state index in [1.165, 1.54) is 0 Å². The Hall–Kier alpha value is -1.26. The Balaban J connectivity index is 1.92. The Morgan fingerprint density at radius 1 is 1.43 bits per heavy atom. The highest BCUT2D eigenvalue weighted by molar-refractivity contribution is 5.49. The number of anilines is 1. The van der Waals surface area contributed by atoms with Crippen LogP contribution in [0.25, 0.3) is 0 Å². The van der Waals surface area contributed by atoms with E-state index in [1.54, 1.807) is 0 Å². The fraction of sp³-hybridized carbons (Fsp3) is 0.647. The highest BCUT2D eigenvalue weighted by Crippen LogP contribution is 2.21. The molecule has 1 fully saturated rings. The Bertz CT molecular complexity index is 417. The standard InChI is InChI=1S/C17H28N2O2/c1-4-9-18-17(14-8-10-20-12-14)13-21-16-7-5-6-15(11-16)19(2)3/h5-7,11,14,17-18H,4,8-10,12-13H2,1-3H3. The Morgan fingerprint density at radius 3 is 2.95 bits per heavy atom. The van der Waals surface area contributed by atoms with E-state index in [0.29, 0.717) is 18.6 Å². The van der Waals surface area contributed by atoms with E-state index in [2.05, 4.69) is 29.3 Å². The quantitative estimate of drug-likeness (QED) is 0.798. The van der Waals surface area contributed by atoms with Crippen LogP contribution < -0.4 is 15.0 Å². The van der Waals surface area contributed by atoms with Crippen LogP contribution in [0.15, 0.2) is 24.3 Å². The van der Waals surface area contributed by atoms with Gasteiger partial charge >= 0.3 is 0 Å². The number of ether oxygens (including phenoxy) is 2. The molecule has 0 aromatic heterocycles. The van der Waals surface area contributed by atoms with Crippen molar-refractivity contribution < 1.29 is 9.47 Å². The molecule has 1 aromatic carbocycles. The van der Waals surface area contributed by atoms with Crippen LogP contribution in [0.2, 0.25) is 0 Å². The third kappa shape index (κ3) is 4.90. The summed E-state index contributed by atoms with van der Waals surface area (Å²) in [4.78, 5) is 2.09. The number of benzene rings is 1. The summed E-state index contributed by atoms with van der Waals surface area (Å²) in [6.45, 7) is 5.65. The minimum atomic E-state index is 0.371. The van der Waals surface area contributed by atoms with Gasteiger partial charge in [0.05, 0.1) is 6.61 Å². The monoisotopic (exact) mass is 292 g/mol. The summed E-state index contributed by atoms with van der Waals surface area (Å²) in [5, 5.41) is 3.60. The number of hydrogen-bond acceptors (Lipinski definition) is 4. The fourth-order valence-corrected chi connectivity index (χ4v) is 2.60. The highest BCUT2D eigenvalue weighted by Gasteiger charge is 2.25. The van der Waals surface area contributed by atoms with Crippen molar-refractivity contribution in [1.29, 1.82) is 0 Å². The smallest absolute Gasteiger partial charge is 0.121 e. The zero-order valence-corrected chi connectivity index (χ0v) is 13.5. The number of nitrogens with one attached hydrogen (secondary N) is 1. The third-order valence-corrected chi connectivity index (χ3v) is 3.95. The largest absolute Gasteiger partial charge is 0.492 e. The van der Waals surface area contributed by atoms with Crippen LogP contribution in [0, 0.1) is 5.92 Å². The van der Waals surface area contributed by atoms with E-state index < -0.39 is 0 Å². The summed E-state index contributed by atoms with van der Waals surface area (Å²) in [7, 11) is 4.08. The van der Waals surface area contributed by atoms with E-state index >= 15 is 0 Å². The summed E-state index contributed by atoms with van der Waals surface area (Å²) in [6.07, 6.45) is 2.27. The molecule has 1 N–H and O–H groups in total. The molecule has 1 aliphatic rings. The van der Waals surface area contributed by atoms with Gasteiger partial charge in [-0.25, -0.2) is 0 Å². The molecule has 0 bridgehead atoms. The van der Waals surface area contributed by atoms with Gasteiger partial charge in [-0.3, -0.25) is 0 Å². The molecule has 1 aromatic rings. The topological polar surface area (TPSA) is 33.7 Å². The molecular weight excluding hydrogens is 264 g/mol. The van der Waals surface area contributed by atoms with Gasteiger partial charge in [0.2, 0.25) is 0 Å². The zero-order chi connectivity index (χ0) is 15.1. The first-order valence-corrected chi connectivity index (χ1v) is 7.92. The lowest BCUT2D eigenvalue weighted by atomic mass is 9.99. The predicted molar refractivity (Wildman–Crippen MR) is 87.3 cm³/mol. The average Bonchev–Trinajstić information content (AvgIpc) is 3.02. The maximum absolute atomic E-state index is 6.02. The molecule has 21 heavy (non-hydrogen) atoms. The Morgan fingerprint density at radius 2 is 2.29 bits per heavy atom. The van der Waals surface area contributed by atoms with Gasteiger partial charge < -0.3 is 19.7 Å². The van der Waals surface area contributed by atoms with Crippen LogP contribution in [0.5, 0.6) is 5.75 Å². The first kappa shape index (κ1) is 16.1. The van der Waals surface area contributed by atoms with Crippen molar-refractivity contribution in [1.82, 2.24) is 5.32 Å². The van der Waals surface area contributed by atoms with Crippen LogP contribution in [-0.2, 0) is 4.74 Å². The summed E-state index contributed by atoms with van der Waals surface area (Å²) in [5.74, 6) is 1.50. The van der Waals surface area contributed by atoms with Crippen molar-refractivity contribution in [2.45, 2.75) is 25.8 Å². The molecular formula is C17H28N2O2. The second-order valence-corrected chi connectivity index (χ2v) is 5.89. The maximum atomic E-state index is 6.02. The maximum Gasteiger partial charge on any atom is 0.121 e. The number of nitrogens with zero attached hydrogens (tertiary/aromatic N) is 1. The molecule has 0 radical (unpaired) electrons. The lowest BCUT2D eigenvalue weighted by Gasteiger charge is -2.24. The molecule has 0 spiro atoms. The van der Waals surface area contributed by atoms with Gasteiger partial charge in [0.15, 0.2) is 0 Å². The van der Waals surface area contributed by atoms with E-state index in [-0.39, 0.29) is 0 Å². The number of hydrogen-bond donors (Lipinski definition) is 1. The molecule has 118 valence electrons. The van der Waals surface area contributed by atoms with E-state index in [9.17, 15) is 0 Å². The summed E-state index contributed by atoms with van der Waals surface area (Å²) in [5.41, 5.74) is 1.16. The van der Waals surface area contributed by atoms with Gasteiger partial charge in [0.25, 0.3) is 0 Å². The Labute approximate surface area is 128 Å². The first-order chi connectivity index (χ1) is 10.2. The van der Waals surface area contributed by atoms with Crippen molar-refractivity contribution in [3.63, 3.8) is 0 Å². The summed E-state index contributed by atoms with van der Waals surface area (Å²) >= 11 is 0. The normalized spacial score (nSPS) is 19.5. The molecule has 2 atom stereocenters. The minimum absolute atomic E-state index is 0.371. The zero-order valence-electron chi connectivity index (χ0n) is 13.5. The van der Waals surface area contributed by atoms with Gasteiger partial charge in [-0.05, 0) is 31.5 Å². The summed E-state index contributed by atoms with van der Waals surface area (Å²) < 4.78 is 11.5. The molecule has 1 heterocycles. The van der Waals surface area contributed by atoms with Crippen molar-refractivity contribution in [2.24, 2.45) is 5.92 Å². The van der Waals surface area contributed by atoms with Gasteiger partial charge in [-0.2, -0.15) is 0 Å². The average molecular weight is 292 g/mol. The molecule has 0 amide bonds. The van der Waals surface area contributed by atoms with Gasteiger partial charge in [-0.15, -0.1) is 0 Å². The molecule has 1 saturated heterocycles. The minimum Gasteiger partial charge on any atom is -0.492 e. The van der Waals surface area contributed by atoms with Crippen molar-refractivity contribution in [2.75, 3.05) is 45.4 Å². The van der Waals surface area contributed by atoms with Crippen molar-refractivity contribution in [3.8, 4) is 5.75 Å². The lowest BCUT2D eigenvalue weighted by Crippen LogP contribution is -2.41. The van der Waals surface area contributed by atoms with Gasteiger partial charge in [0.1, 0.15) is 12.4 Å². The van der Waals surface area contributed by atoms with Crippen LogP contribution in [-0.4, -0.2) is 46.5 Å². The van der Waals surface area contributed by atoms with Gasteiger partial charge in [-0.1, -0.05) is 13.0 Å². The van der Waals surface area contributed by atoms with Crippen LogP contribution in [0.1, 0.15) is 19.8 Å². The fourth-order valence-electron chi connectivity index (χ4n) is 2.60. The number of rotatable bonds is 8. The van der Waals surface area contributed by atoms with Crippen LogP contribution in [0.4, 0.5) is 5.69 Å². The molecule has 0 saturated carbocycles. The molecule has 4 nitrogen and oxygen atoms in total. The SMILES string of the molecule is CCCNC(COc1cccc(N(C)C)c1)C1CCOC1. The summed E-state index contributed by atoms with van der Waals surface area (Å²) in [6, 6.07) is 8.61.